The van der Waals surface area contributed by atoms with Gasteiger partial charge in [0.1, 0.15) is 12.6 Å². The number of benzene rings is 1. The summed E-state index contributed by atoms with van der Waals surface area (Å²) < 4.78 is 5.22. The van der Waals surface area contributed by atoms with Gasteiger partial charge >= 0.3 is 0 Å². The molecule has 0 N–H and O–H groups in total. The molecule has 0 bridgehead atoms. The third-order valence-corrected chi connectivity index (χ3v) is 6.41. The molecule has 29 heavy (non-hydrogen) atoms. The van der Waals surface area contributed by atoms with Crippen molar-refractivity contribution in [2.45, 2.75) is 44.7 Å². The minimum Gasteiger partial charge on any atom is -0.370 e. The maximum atomic E-state index is 13.2. The zero-order chi connectivity index (χ0) is 20.4. The van der Waals surface area contributed by atoms with Crippen molar-refractivity contribution in [3.8, 4) is 0 Å². The van der Waals surface area contributed by atoms with E-state index in [1.165, 1.54) is 0 Å². The topological polar surface area (TPSA) is 70.2 Å². The first-order valence-corrected chi connectivity index (χ1v) is 10.6. The van der Waals surface area contributed by atoms with E-state index in [0.717, 1.165) is 31.2 Å². The van der Waals surface area contributed by atoms with Crippen molar-refractivity contribution in [3.63, 3.8) is 0 Å². The van der Waals surface area contributed by atoms with E-state index in [2.05, 4.69) is 0 Å². The Hall–Kier alpha value is -2.41. The predicted molar refractivity (Wildman–Crippen MR) is 107 cm³/mol. The van der Waals surface area contributed by atoms with Crippen LogP contribution in [0, 0.1) is 6.92 Å². The maximum absolute atomic E-state index is 13.2. The molecule has 1 unspecified atom stereocenters. The summed E-state index contributed by atoms with van der Waals surface area (Å²) in [6, 6.07) is 7.36. The van der Waals surface area contributed by atoms with Crippen LogP contribution < -0.4 is 0 Å². The lowest BCUT2D eigenvalue weighted by molar-refractivity contribution is -0.148. The molecule has 1 aromatic carbocycles. The number of piperidine rings is 1. The number of aryl methyl sites for hydroxylation is 1. The Morgan fingerprint density at radius 1 is 1.03 bits per heavy atom. The van der Waals surface area contributed by atoms with Gasteiger partial charge in [-0.3, -0.25) is 14.4 Å². The summed E-state index contributed by atoms with van der Waals surface area (Å²) in [5.74, 6) is 0.0516. The molecule has 0 aliphatic carbocycles. The van der Waals surface area contributed by atoms with Crippen molar-refractivity contribution in [1.82, 2.24) is 14.7 Å². The van der Waals surface area contributed by atoms with Crippen LogP contribution in [0.2, 0.25) is 0 Å². The van der Waals surface area contributed by atoms with E-state index >= 15 is 0 Å². The molecule has 1 atom stereocenters. The molecular formula is C22H29N3O4. The fourth-order valence-corrected chi connectivity index (χ4v) is 4.76. The molecule has 3 aliphatic heterocycles. The zero-order valence-electron chi connectivity index (χ0n) is 17.0. The number of carbonyl (C=O) groups is 3. The van der Waals surface area contributed by atoms with Gasteiger partial charge in [-0.2, -0.15) is 0 Å². The van der Waals surface area contributed by atoms with Gasteiger partial charge in [-0.1, -0.05) is 18.2 Å². The summed E-state index contributed by atoms with van der Waals surface area (Å²) in [5, 5.41) is 0. The monoisotopic (exact) mass is 399 g/mol. The molecule has 3 fully saturated rings. The Morgan fingerprint density at radius 3 is 2.52 bits per heavy atom. The van der Waals surface area contributed by atoms with Crippen LogP contribution in [0.3, 0.4) is 0 Å². The third kappa shape index (κ3) is 4.01. The molecule has 3 amide bonds. The highest BCUT2D eigenvalue weighted by atomic mass is 16.5. The molecule has 0 spiro atoms. The van der Waals surface area contributed by atoms with Crippen molar-refractivity contribution < 1.29 is 19.1 Å². The van der Waals surface area contributed by atoms with Crippen molar-refractivity contribution in [2.24, 2.45) is 0 Å². The number of amides is 3. The third-order valence-electron chi connectivity index (χ3n) is 6.41. The van der Waals surface area contributed by atoms with E-state index in [1.54, 1.807) is 4.90 Å². The molecule has 1 aromatic rings. The van der Waals surface area contributed by atoms with E-state index in [-0.39, 0.29) is 36.4 Å². The Balaban J connectivity index is 1.38. The van der Waals surface area contributed by atoms with Crippen LogP contribution in [-0.4, -0.2) is 83.9 Å². The molecule has 156 valence electrons. The molecule has 0 aromatic heterocycles. The average Bonchev–Trinajstić information content (AvgIpc) is 3.23. The summed E-state index contributed by atoms with van der Waals surface area (Å²) in [5.41, 5.74) is 1.61. The lowest BCUT2D eigenvalue weighted by Crippen LogP contribution is -2.55. The van der Waals surface area contributed by atoms with Gasteiger partial charge in [0.2, 0.25) is 11.8 Å². The molecule has 3 heterocycles. The van der Waals surface area contributed by atoms with Crippen LogP contribution in [0.4, 0.5) is 0 Å². The van der Waals surface area contributed by atoms with Gasteiger partial charge in [-0.15, -0.1) is 0 Å². The molecule has 7 heteroatoms. The Kier molecular flexibility index (Phi) is 5.85. The number of rotatable bonds is 3. The van der Waals surface area contributed by atoms with Gasteiger partial charge in [0.25, 0.3) is 5.91 Å². The van der Waals surface area contributed by atoms with Gasteiger partial charge in [-0.05, 0) is 44.2 Å². The van der Waals surface area contributed by atoms with Gasteiger partial charge in [-0.25, -0.2) is 0 Å². The normalized spacial score (nSPS) is 23.6. The van der Waals surface area contributed by atoms with E-state index in [1.807, 2.05) is 41.0 Å². The summed E-state index contributed by atoms with van der Waals surface area (Å²) in [7, 11) is 0. The Labute approximate surface area is 171 Å². The van der Waals surface area contributed by atoms with Crippen molar-refractivity contribution >= 4 is 17.7 Å². The van der Waals surface area contributed by atoms with Gasteiger partial charge in [0.05, 0.1) is 6.61 Å². The Bertz CT molecular complexity index is 788. The quantitative estimate of drug-likeness (QED) is 0.771. The SMILES string of the molecule is Cc1ccccc1C(=O)N1CCCC1C(=O)N1CCC(N2CCOCC2=O)CC1. The first kappa shape index (κ1) is 19.9. The number of nitrogens with zero attached hydrogens (tertiary/aromatic N) is 3. The zero-order valence-corrected chi connectivity index (χ0v) is 17.0. The number of hydrogen-bond acceptors (Lipinski definition) is 4. The van der Waals surface area contributed by atoms with Crippen molar-refractivity contribution in [3.05, 3.63) is 35.4 Å². The molecular weight excluding hydrogens is 370 g/mol. The van der Waals surface area contributed by atoms with Crippen molar-refractivity contribution in [2.75, 3.05) is 39.4 Å². The summed E-state index contributed by atoms with van der Waals surface area (Å²) >= 11 is 0. The van der Waals surface area contributed by atoms with E-state index in [4.69, 9.17) is 4.74 Å². The number of carbonyl (C=O) groups excluding carboxylic acids is 3. The highest BCUT2D eigenvalue weighted by molar-refractivity contribution is 5.99. The molecule has 7 nitrogen and oxygen atoms in total. The van der Waals surface area contributed by atoms with Crippen LogP contribution in [0.25, 0.3) is 0 Å². The standard InChI is InChI=1S/C22H29N3O4/c1-16-5-2-3-6-18(16)21(27)25-10-4-7-19(25)22(28)23-11-8-17(9-12-23)24-13-14-29-15-20(24)26/h2-3,5-6,17,19H,4,7-15H2,1H3. The number of morpholine rings is 1. The first-order chi connectivity index (χ1) is 14.1. The fourth-order valence-electron chi connectivity index (χ4n) is 4.76. The van der Waals surface area contributed by atoms with Crippen LogP contribution >= 0.6 is 0 Å². The van der Waals surface area contributed by atoms with Crippen LogP contribution in [0.15, 0.2) is 24.3 Å². The molecule has 3 aliphatic rings. The lowest BCUT2D eigenvalue weighted by atomic mass is 10.0. The smallest absolute Gasteiger partial charge is 0.254 e. The average molecular weight is 399 g/mol. The summed E-state index contributed by atoms with van der Waals surface area (Å²) in [6.07, 6.45) is 3.15. The second kappa shape index (κ2) is 8.53. The number of ether oxygens (including phenoxy) is 1. The van der Waals surface area contributed by atoms with E-state index < -0.39 is 0 Å². The fraction of sp³-hybridized carbons (Fsp3) is 0.591. The highest BCUT2D eigenvalue weighted by Gasteiger charge is 2.39. The molecule has 4 rings (SSSR count). The minimum absolute atomic E-state index is 0.0480. The molecule has 0 radical (unpaired) electrons. The molecule has 0 saturated carbocycles. The van der Waals surface area contributed by atoms with E-state index in [0.29, 0.717) is 38.3 Å². The van der Waals surface area contributed by atoms with Crippen molar-refractivity contribution in [1.29, 1.82) is 0 Å². The number of likely N-dealkylation sites (tertiary alicyclic amines) is 2. The second-order valence-electron chi connectivity index (χ2n) is 8.17. The van der Waals surface area contributed by atoms with Gasteiger partial charge in [0, 0.05) is 37.8 Å². The molecule has 3 saturated heterocycles. The highest BCUT2D eigenvalue weighted by Crippen LogP contribution is 2.25. The number of hydrogen-bond donors (Lipinski definition) is 0. The van der Waals surface area contributed by atoms with Gasteiger partial charge in [0.15, 0.2) is 0 Å². The largest absolute Gasteiger partial charge is 0.370 e. The van der Waals surface area contributed by atoms with Gasteiger partial charge < -0.3 is 19.4 Å². The van der Waals surface area contributed by atoms with Crippen LogP contribution in [-0.2, 0) is 14.3 Å². The van der Waals surface area contributed by atoms with Crippen LogP contribution in [0.5, 0.6) is 0 Å². The van der Waals surface area contributed by atoms with Crippen LogP contribution in [0.1, 0.15) is 41.6 Å². The first-order valence-electron chi connectivity index (χ1n) is 10.6. The summed E-state index contributed by atoms with van der Waals surface area (Å²) in [6.45, 7) is 5.22. The minimum atomic E-state index is -0.372. The lowest BCUT2D eigenvalue weighted by Gasteiger charge is -2.41. The predicted octanol–water partition coefficient (Wildman–Crippen LogP) is 1.45. The maximum Gasteiger partial charge on any atom is 0.254 e. The Morgan fingerprint density at radius 2 is 1.79 bits per heavy atom. The van der Waals surface area contributed by atoms with E-state index in [9.17, 15) is 14.4 Å². The summed E-state index contributed by atoms with van der Waals surface area (Å²) in [4.78, 5) is 43.9. The second-order valence-corrected chi connectivity index (χ2v) is 8.17.